The maximum Gasteiger partial charge on any atom is -1.00 e. The second kappa shape index (κ2) is 20.4. The van der Waals surface area contributed by atoms with E-state index in [0.29, 0.717) is 35.5 Å². The number of nitrogens with zero attached hydrogens (tertiary/aromatic N) is 4. The Balaban J connectivity index is 0.00000306. The summed E-state index contributed by atoms with van der Waals surface area (Å²) in [6.07, 6.45) is 11.5. The summed E-state index contributed by atoms with van der Waals surface area (Å²) < 4.78 is 0.450. The first-order chi connectivity index (χ1) is 34.0. The fourth-order valence-corrected chi connectivity index (χ4v) is 22.8. The van der Waals surface area contributed by atoms with Gasteiger partial charge in [-0.15, -0.1) is 0 Å². The molecule has 8 bridgehead atoms. The molecule has 2 heterocycles. The van der Waals surface area contributed by atoms with Crippen molar-refractivity contribution in [3.05, 3.63) is 117 Å². The summed E-state index contributed by atoms with van der Waals surface area (Å²) in [5, 5.41) is 25.3. The smallest absolute Gasteiger partial charge is 1.00 e. The van der Waals surface area contributed by atoms with Gasteiger partial charge in [-0.1, -0.05) is 0 Å². The largest absolute Gasteiger partial charge is 1.00 e. The Morgan fingerprint density at radius 3 is 1.08 bits per heavy atom. The van der Waals surface area contributed by atoms with E-state index >= 15 is 0 Å². The van der Waals surface area contributed by atoms with Gasteiger partial charge in [-0.05, 0) is 0 Å². The normalized spacial score (nSPS) is 32.9. The Bertz CT molecular complexity index is 2410. The van der Waals surface area contributed by atoms with Crippen LogP contribution in [0.1, 0.15) is 188 Å². The summed E-state index contributed by atoms with van der Waals surface area (Å²) in [5.41, 5.74) is 16.9. The number of para-hydroxylation sites is 2. The van der Waals surface area contributed by atoms with Gasteiger partial charge >= 0.3 is 443 Å². The van der Waals surface area contributed by atoms with Gasteiger partial charge in [-0.3, -0.25) is 0 Å². The number of anilines is 4. The molecule has 8 unspecified atom stereocenters. The second-order valence-electron chi connectivity index (χ2n) is 26.3. The summed E-state index contributed by atoms with van der Waals surface area (Å²) in [6, 6.07) is 29.3. The van der Waals surface area contributed by atoms with Crippen molar-refractivity contribution in [2.24, 2.45) is 35.5 Å². The Hall–Kier alpha value is -2.54. The van der Waals surface area contributed by atoms with Crippen molar-refractivity contribution in [3.8, 4) is 0 Å². The van der Waals surface area contributed by atoms with Crippen LogP contribution in [0.3, 0.4) is 0 Å². The third-order valence-electron chi connectivity index (χ3n) is 20.4. The summed E-state index contributed by atoms with van der Waals surface area (Å²) in [7, 11) is 0. The fourth-order valence-electron chi connectivity index (χ4n) is 17.8. The predicted molar refractivity (Wildman–Crippen MR) is 291 cm³/mol. The fraction of sp³-hybridized carbons (Fsp3) is 0.625. The summed E-state index contributed by atoms with van der Waals surface area (Å²) in [4.78, 5) is 11.8. The molecule has 14 rings (SSSR count). The molecule has 2 aliphatic heterocycles. The molecule has 4 aromatic carbocycles. The second-order valence-corrected chi connectivity index (χ2v) is 29.7. The van der Waals surface area contributed by atoms with Crippen LogP contribution >= 0.6 is 0 Å². The third kappa shape index (κ3) is 8.81. The van der Waals surface area contributed by atoms with E-state index in [9.17, 15) is 10.2 Å². The van der Waals surface area contributed by atoms with E-state index in [1.807, 2.05) is 0 Å². The first kappa shape index (κ1) is 53.8. The number of benzene rings is 4. The molecule has 0 aromatic heterocycles. The number of hydrogen-bond donors (Lipinski definition) is 2. The molecule has 0 radical (unpaired) electrons. The minimum absolute atomic E-state index is 0. The Kier molecular flexibility index (Phi) is 15.0. The van der Waals surface area contributed by atoms with Gasteiger partial charge in [0.1, 0.15) is 0 Å². The maximum absolute atomic E-state index is 12.7. The molecule has 73 heavy (non-hydrogen) atoms. The van der Waals surface area contributed by atoms with Crippen LogP contribution in [0.4, 0.5) is 22.7 Å². The summed E-state index contributed by atoms with van der Waals surface area (Å²) in [5.74, 6) is 5.35. The van der Waals surface area contributed by atoms with Gasteiger partial charge in [0.25, 0.3) is 0 Å². The number of aliphatic hydroxyl groups excluding tert-OH is 2. The van der Waals surface area contributed by atoms with Crippen molar-refractivity contribution in [2.45, 2.75) is 188 Å². The van der Waals surface area contributed by atoms with E-state index < -0.39 is 23.2 Å². The van der Waals surface area contributed by atoms with Crippen LogP contribution in [-0.4, -0.2) is 56.3 Å². The van der Waals surface area contributed by atoms with Gasteiger partial charge in [0, 0.05) is 0 Å². The van der Waals surface area contributed by atoms with Gasteiger partial charge in [0.2, 0.25) is 0 Å². The number of aliphatic hydroxyl groups is 2. The predicted octanol–water partition coefficient (Wildman–Crippen LogP) is 7.69. The average molecular weight is 1110 g/mol. The van der Waals surface area contributed by atoms with Gasteiger partial charge in [-0.25, -0.2) is 0 Å². The van der Waals surface area contributed by atoms with Gasteiger partial charge in [0.15, 0.2) is 0 Å². The van der Waals surface area contributed by atoms with E-state index in [0.717, 1.165) is 75.5 Å². The quantitative estimate of drug-likeness (QED) is 0.152. The van der Waals surface area contributed by atoms with Crippen LogP contribution in [0, 0.1) is 49.4 Å². The van der Waals surface area contributed by atoms with Crippen molar-refractivity contribution in [1.82, 2.24) is 0 Å². The molecule has 9 heteroatoms. The van der Waals surface area contributed by atoms with Gasteiger partial charge < -0.3 is 24.8 Å². The van der Waals surface area contributed by atoms with E-state index in [4.69, 9.17) is 0 Å². The van der Waals surface area contributed by atoms with Crippen LogP contribution < -0.4 is 44.4 Å². The van der Waals surface area contributed by atoms with Crippen LogP contribution in [0.5, 0.6) is 0 Å². The topological polar surface area (TPSA) is 53.4 Å². The van der Waals surface area contributed by atoms with Gasteiger partial charge in [-0.2, -0.15) is 0 Å². The number of rotatable bonds is 12. The number of halogens is 2. The first-order valence-corrected chi connectivity index (χ1v) is 31.6. The molecule has 0 amide bonds. The van der Waals surface area contributed by atoms with Crippen LogP contribution in [-0.2, 0) is 34.1 Å². The Morgan fingerprint density at radius 2 is 0.767 bits per heavy atom. The monoisotopic (exact) mass is 1100 g/mol. The van der Waals surface area contributed by atoms with Crippen molar-refractivity contribution < 1.29 is 58.3 Å². The van der Waals surface area contributed by atoms with Crippen LogP contribution in [0.2, 0.25) is 0 Å². The first-order valence-electron chi connectivity index (χ1n) is 28.7. The summed E-state index contributed by atoms with van der Waals surface area (Å²) >= 11 is -1.64. The molecule has 10 fully saturated rings. The standard InChI is InChI=1S/2C32H43N2O.2ClH.Zr/c2*1-20(2)26-7-6-8-27(21(3)4)30(26)34-12-11-33(19-34)29-13-22(5)9-10-28(29)32-17-23-14-24(18-32)16-25(15-23)31(32)35;;;/h2*6-10,13,19-21,23-25,31,35H,11-12,14-18H2,1-5H3;2*1H;/q;;;;+2/p-2. The van der Waals surface area contributed by atoms with E-state index in [1.54, 1.807) is 0 Å². The Morgan fingerprint density at radius 1 is 0.452 bits per heavy atom. The maximum atomic E-state index is 12.7. The minimum Gasteiger partial charge on any atom is -1.00 e. The summed E-state index contributed by atoms with van der Waals surface area (Å²) in [6.45, 7) is 27.9. The van der Waals surface area contributed by atoms with Crippen LogP contribution in [0.25, 0.3) is 0 Å². The molecule has 2 N–H and O–H groups in total. The van der Waals surface area contributed by atoms with Crippen molar-refractivity contribution >= 4 is 22.7 Å². The van der Waals surface area contributed by atoms with E-state index in [-0.39, 0.29) is 55.6 Å². The molecule has 4 aromatic rings. The van der Waals surface area contributed by atoms with E-state index in [2.05, 4.69) is 162 Å². The minimum atomic E-state index is -1.64. The van der Waals surface area contributed by atoms with Crippen molar-refractivity contribution in [1.29, 1.82) is 0 Å². The average Bonchev–Trinajstić information content (AvgIpc) is 3.95. The molecular formula is C64H86Cl2N4O2Zr. The zero-order valence-corrected chi connectivity index (χ0v) is 49.8. The molecule has 8 atom stereocenters. The number of aryl methyl sites for hydroxylation is 2. The van der Waals surface area contributed by atoms with Crippen molar-refractivity contribution in [3.63, 3.8) is 0 Å². The van der Waals surface area contributed by atoms with Gasteiger partial charge in [0.05, 0.1) is 0 Å². The van der Waals surface area contributed by atoms with Crippen LogP contribution in [0.15, 0.2) is 72.8 Å². The molecular weight excluding hydrogens is 1020 g/mol. The van der Waals surface area contributed by atoms with Crippen molar-refractivity contribution in [2.75, 3.05) is 45.8 Å². The Labute approximate surface area is 464 Å². The molecule has 8 aliphatic carbocycles. The third-order valence-corrected chi connectivity index (χ3v) is 24.9. The molecule has 0 spiro atoms. The SMILES string of the molecule is Cc1ccc(C23CC4CC(CC(C4)C2O)C3)c(N2CCN(c3c(C(C)C)cccc3C(C)C)[CH]2[Zr+2][CH]2N(c3cc(C)ccc3C34CC5CC(CC(C5)C3O)C4)CCN2c2c(C(C)C)cccc2C(C)C)c1.[Cl-].[Cl-]. The molecule has 392 valence electrons. The number of hydrogen-bond acceptors (Lipinski definition) is 6. The molecule has 8 saturated carbocycles. The molecule has 6 nitrogen and oxygen atoms in total. The zero-order chi connectivity index (χ0) is 49.4. The van der Waals surface area contributed by atoms with E-state index in [1.165, 1.54) is 106 Å². The zero-order valence-electron chi connectivity index (χ0n) is 45.8. The molecule has 10 aliphatic rings. The molecule has 2 saturated heterocycles.